The van der Waals surface area contributed by atoms with Crippen molar-refractivity contribution < 1.29 is 28.7 Å². The molecule has 0 heterocycles. The molecule has 0 N–H and O–H groups in total. The van der Waals surface area contributed by atoms with Crippen molar-refractivity contribution in [1.29, 1.82) is 0 Å². The Kier molecular flexibility index (Phi) is 7.03. The summed E-state index contributed by atoms with van der Waals surface area (Å²) in [7, 11) is 0. The minimum atomic E-state index is -0.801. The van der Waals surface area contributed by atoms with Gasteiger partial charge in [0.05, 0.1) is 0 Å². The van der Waals surface area contributed by atoms with Crippen molar-refractivity contribution >= 4 is 23.9 Å². The molecule has 0 aliphatic rings. The van der Waals surface area contributed by atoms with Gasteiger partial charge in [0.15, 0.2) is 0 Å². The quantitative estimate of drug-likeness (QED) is 0.411. The number of hydrogen-bond donors (Lipinski definition) is 0. The summed E-state index contributed by atoms with van der Waals surface area (Å²) >= 11 is 0. The smallest absolute Gasteiger partial charge is 0.340 e. The van der Waals surface area contributed by atoms with Gasteiger partial charge in [-0.2, -0.15) is 0 Å². The predicted molar refractivity (Wildman–Crippen MR) is 65.7 cm³/mol. The van der Waals surface area contributed by atoms with Crippen LogP contribution in [0.25, 0.3) is 0 Å². The zero-order valence-electron chi connectivity index (χ0n) is 11.0. The fourth-order valence-corrected chi connectivity index (χ4v) is 0.860. The first-order valence-electron chi connectivity index (χ1n) is 5.55. The van der Waals surface area contributed by atoms with E-state index in [0.29, 0.717) is 0 Å². The van der Waals surface area contributed by atoms with Crippen molar-refractivity contribution in [1.82, 2.24) is 0 Å². The average Bonchev–Trinajstić information content (AvgIpc) is 2.28. The van der Waals surface area contributed by atoms with Crippen LogP contribution in [0.3, 0.4) is 0 Å². The third-order valence-electron chi connectivity index (χ3n) is 1.87. The number of ether oxygens (including phenoxy) is 2. The third kappa shape index (κ3) is 7.64. The first-order chi connectivity index (χ1) is 8.73. The van der Waals surface area contributed by atoms with Crippen LogP contribution < -0.4 is 0 Å². The molecule has 0 aromatic heterocycles. The van der Waals surface area contributed by atoms with Crippen molar-refractivity contribution in [2.24, 2.45) is 0 Å². The Balaban J connectivity index is 3.91. The molecule has 0 saturated heterocycles. The summed E-state index contributed by atoms with van der Waals surface area (Å²) in [5.74, 6) is -3.12. The molecule has 0 unspecified atom stereocenters. The Bertz CT molecular complexity index is 392. The summed E-state index contributed by atoms with van der Waals surface area (Å²) in [5.41, 5.74) is 0.222. The molecule has 6 heteroatoms. The molecule has 0 fully saturated rings. The maximum atomic E-state index is 11.2. The summed E-state index contributed by atoms with van der Waals surface area (Å²) in [4.78, 5) is 44.3. The van der Waals surface area contributed by atoms with Gasteiger partial charge in [-0.15, -0.1) is 0 Å². The van der Waals surface area contributed by atoms with Gasteiger partial charge in [-0.1, -0.05) is 13.2 Å². The molecule has 0 rings (SSSR count). The van der Waals surface area contributed by atoms with Crippen LogP contribution in [0.15, 0.2) is 24.3 Å². The molecule has 0 saturated carbocycles. The molecule has 19 heavy (non-hydrogen) atoms. The van der Waals surface area contributed by atoms with E-state index in [0.717, 1.165) is 0 Å². The minimum absolute atomic E-state index is 0.111. The van der Waals surface area contributed by atoms with Gasteiger partial charge in [-0.3, -0.25) is 9.59 Å². The van der Waals surface area contributed by atoms with Crippen LogP contribution in [-0.4, -0.2) is 23.9 Å². The molecule has 0 aromatic carbocycles. The Morgan fingerprint density at radius 3 is 1.37 bits per heavy atom. The maximum Gasteiger partial charge on any atom is 0.340 e. The van der Waals surface area contributed by atoms with Gasteiger partial charge < -0.3 is 9.47 Å². The van der Waals surface area contributed by atoms with E-state index in [1.54, 1.807) is 0 Å². The van der Waals surface area contributed by atoms with Crippen molar-refractivity contribution in [3.05, 3.63) is 24.3 Å². The summed E-state index contributed by atoms with van der Waals surface area (Å²) in [6.07, 6.45) is -0.143. The highest BCUT2D eigenvalue weighted by Gasteiger charge is 2.14. The van der Waals surface area contributed by atoms with Crippen LogP contribution in [0.1, 0.15) is 33.1 Å². The zero-order valence-corrected chi connectivity index (χ0v) is 11.0. The van der Waals surface area contributed by atoms with E-state index in [9.17, 15) is 19.2 Å². The number of carbonyl (C=O) groups is 4. The zero-order chi connectivity index (χ0) is 15.0. The lowest BCUT2D eigenvalue weighted by atomic mass is 10.2. The number of rotatable bonds is 6. The average molecular weight is 268 g/mol. The molecule has 0 amide bonds. The van der Waals surface area contributed by atoms with Crippen LogP contribution in [0, 0.1) is 0 Å². The standard InChI is InChI=1S/C13H16O6/c1-8(2)12(16)18-10(14)6-5-7-11(15)19-13(17)9(3)4/h1,3,5-7H2,2,4H3. The van der Waals surface area contributed by atoms with E-state index in [-0.39, 0.29) is 30.4 Å². The summed E-state index contributed by atoms with van der Waals surface area (Å²) < 4.78 is 8.80. The Morgan fingerprint density at radius 1 is 0.789 bits per heavy atom. The summed E-state index contributed by atoms with van der Waals surface area (Å²) in [6.45, 7) is 9.46. The van der Waals surface area contributed by atoms with Crippen molar-refractivity contribution in [2.45, 2.75) is 33.1 Å². The highest BCUT2D eigenvalue weighted by atomic mass is 16.6. The van der Waals surface area contributed by atoms with E-state index in [1.165, 1.54) is 13.8 Å². The van der Waals surface area contributed by atoms with Gasteiger partial charge >= 0.3 is 23.9 Å². The van der Waals surface area contributed by atoms with Gasteiger partial charge in [0.1, 0.15) is 0 Å². The molecule has 104 valence electrons. The first-order valence-corrected chi connectivity index (χ1v) is 5.55. The van der Waals surface area contributed by atoms with E-state index < -0.39 is 23.9 Å². The van der Waals surface area contributed by atoms with E-state index in [2.05, 4.69) is 22.6 Å². The Hall–Kier alpha value is -2.24. The van der Waals surface area contributed by atoms with Gasteiger partial charge in [0, 0.05) is 24.0 Å². The summed E-state index contributed by atoms with van der Waals surface area (Å²) in [6, 6.07) is 0. The lowest BCUT2D eigenvalue weighted by Gasteiger charge is -2.03. The minimum Gasteiger partial charge on any atom is -0.390 e. The largest absolute Gasteiger partial charge is 0.390 e. The van der Waals surface area contributed by atoms with Crippen LogP contribution in [-0.2, 0) is 28.7 Å². The van der Waals surface area contributed by atoms with E-state index in [1.807, 2.05) is 0 Å². The molecule has 0 aliphatic carbocycles. The molecule has 0 radical (unpaired) electrons. The molecule has 0 atom stereocenters. The van der Waals surface area contributed by atoms with Crippen LogP contribution >= 0.6 is 0 Å². The monoisotopic (exact) mass is 268 g/mol. The van der Waals surface area contributed by atoms with Crippen LogP contribution in [0.2, 0.25) is 0 Å². The molecular formula is C13H16O6. The Morgan fingerprint density at radius 2 is 1.11 bits per heavy atom. The van der Waals surface area contributed by atoms with E-state index >= 15 is 0 Å². The number of esters is 4. The fourth-order valence-electron chi connectivity index (χ4n) is 0.860. The topological polar surface area (TPSA) is 86.7 Å². The second kappa shape index (κ2) is 7.97. The van der Waals surface area contributed by atoms with Crippen molar-refractivity contribution in [3.8, 4) is 0 Å². The highest BCUT2D eigenvalue weighted by molar-refractivity contribution is 5.96. The van der Waals surface area contributed by atoms with Crippen LogP contribution in [0.4, 0.5) is 0 Å². The lowest BCUT2D eigenvalue weighted by molar-refractivity contribution is -0.156. The first kappa shape index (κ1) is 16.8. The Labute approximate surface area is 111 Å². The molecule has 0 aromatic rings. The molecule has 0 bridgehead atoms. The fraction of sp³-hybridized carbons (Fsp3) is 0.385. The SMILES string of the molecule is C=C(C)C(=O)OC(=O)CCCC(=O)OC(=O)C(=C)C. The predicted octanol–water partition coefficient (Wildman–Crippen LogP) is 1.45. The summed E-state index contributed by atoms with van der Waals surface area (Å²) in [5, 5.41) is 0. The van der Waals surface area contributed by atoms with Gasteiger partial charge in [0.2, 0.25) is 0 Å². The molecule has 0 aliphatic heterocycles. The number of hydrogen-bond acceptors (Lipinski definition) is 6. The van der Waals surface area contributed by atoms with E-state index in [4.69, 9.17) is 0 Å². The molecular weight excluding hydrogens is 252 g/mol. The molecule has 0 spiro atoms. The lowest BCUT2D eigenvalue weighted by Crippen LogP contribution is -2.15. The van der Waals surface area contributed by atoms with Gasteiger partial charge in [-0.25, -0.2) is 9.59 Å². The second-order valence-corrected chi connectivity index (χ2v) is 3.94. The van der Waals surface area contributed by atoms with Crippen molar-refractivity contribution in [3.63, 3.8) is 0 Å². The maximum absolute atomic E-state index is 11.2. The van der Waals surface area contributed by atoms with Crippen molar-refractivity contribution in [2.75, 3.05) is 0 Å². The van der Waals surface area contributed by atoms with Gasteiger partial charge in [0.25, 0.3) is 0 Å². The molecule has 6 nitrogen and oxygen atoms in total. The normalized spacial score (nSPS) is 9.37. The van der Waals surface area contributed by atoms with Gasteiger partial charge in [-0.05, 0) is 20.3 Å². The second-order valence-electron chi connectivity index (χ2n) is 3.94. The highest BCUT2D eigenvalue weighted by Crippen LogP contribution is 2.03. The third-order valence-corrected chi connectivity index (χ3v) is 1.87. The van der Waals surface area contributed by atoms with Crippen LogP contribution in [0.5, 0.6) is 0 Å². The number of carbonyl (C=O) groups excluding carboxylic acids is 4.